The number of nitrogens with one attached hydrogen (secondary N) is 1. The van der Waals surface area contributed by atoms with Crippen molar-refractivity contribution in [3.8, 4) is 0 Å². The highest BCUT2D eigenvalue weighted by Gasteiger charge is 2.36. The first kappa shape index (κ1) is 14.4. The molecule has 116 valence electrons. The summed E-state index contributed by atoms with van der Waals surface area (Å²) >= 11 is 0. The second kappa shape index (κ2) is 5.36. The van der Waals surface area contributed by atoms with Crippen LogP contribution in [0.2, 0.25) is 0 Å². The van der Waals surface area contributed by atoms with E-state index in [-0.39, 0.29) is 24.7 Å². The van der Waals surface area contributed by atoms with Crippen molar-refractivity contribution in [2.75, 3.05) is 32.8 Å². The number of aliphatic hydroxyl groups is 1. The number of hydrogen-bond acceptors (Lipinski definition) is 6. The first-order chi connectivity index (χ1) is 9.98. The number of aliphatic hydroxyl groups excluding tert-OH is 1. The fraction of sp³-hybridized carbons (Fsp3) is 0.769. The van der Waals surface area contributed by atoms with Crippen molar-refractivity contribution < 1.29 is 14.6 Å². The summed E-state index contributed by atoms with van der Waals surface area (Å²) in [6.45, 7) is 6.27. The van der Waals surface area contributed by atoms with Gasteiger partial charge in [-0.05, 0) is 13.8 Å². The summed E-state index contributed by atoms with van der Waals surface area (Å²) in [5.74, 6) is -0.164. The molecule has 0 aliphatic carbocycles. The van der Waals surface area contributed by atoms with Crippen molar-refractivity contribution in [3.63, 3.8) is 0 Å². The fourth-order valence-electron chi connectivity index (χ4n) is 2.72. The van der Waals surface area contributed by atoms with E-state index >= 15 is 0 Å². The van der Waals surface area contributed by atoms with E-state index in [0.29, 0.717) is 18.8 Å². The zero-order valence-electron chi connectivity index (χ0n) is 12.3. The number of aromatic nitrogens is 3. The third-order valence-corrected chi connectivity index (χ3v) is 3.84. The van der Waals surface area contributed by atoms with Crippen LogP contribution in [0.5, 0.6) is 0 Å². The summed E-state index contributed by atoms with van der Waals surface area (Å²) in [4.78, 5) is 14.2. The Hall–Kier alpha value is -1.51. The first-order valence-electron chi connectivity index (χ1n) is 7.19. The Morgan fingerprint density at radius 3 is 2.95 bits per heavy atom. The minimum atomic E-state index is -0.477. The molecular weight excluding hydrogens is 274 g/mol. The van der Waals surface area contributed by atoms with E-state index in [4.69, 9.17) is 4.74 Å². The number of carbonyl (C=O) groups is 1. The zero-order valence-corrected chi connectivity index (χ0v) is 12.3. The number of amides is 1. The Labute approximate surface area is 123 Å². The fourth-order valence-corrected chi connectivity index (χ4v) is 2.72. The largest absolute Gasteiger partial charge is 0.394 e. The number of carbonyl (C=O) groups excluding carboxylic acids is 1. The third-order valence-electron chi connectivity index (χ3n) is 3.84. The topological polar surface area (TPSA) is 92.5 Å². The van der Waals surface area contributed by atoms with Crippen LogP contribution in [0.25, 0.3) is 0 Å². The predicted octanol–water partition coefficient (Wildman–Crippen LogP) is -0.966. The molecule has 8 nitrogen and oxygen atoms in total. The van der Waals surface area contributed by atoms with Crippen molar-refractivity contribution >= 4 is 5.91 Å². The molecule has 8 heteroatoms. The number of hydrogen-bond donors (Lipinski definition) is 2. The molecule has 1 aromatic rings. The number of morpholine rings is 1. The van der Waals surface area contributed by atoms with Gasteiger partial charge in [-0.15, -0.1) is 5.10 Å². The van der Waals surface area contributed by atoms with Crippen molar-refractivity contribution in [3.05, 3.63) is 11.9 Å². The zero-order chi connectivity index (χ0) is 15.0. The Bertz CT molecular complexity index is 526. The lowest BCUT2D eigenvalue weighted by Gasteiger charge is -2.41. The Kier molecular flexibility index (Phi) is 3.68. The van der Waals surface area contributed by atoms with Gasteiger partial charge in [0.15, 0.2) is 5.69 Å². The van der Waals surface area contributed by atoms with Crippen LogP contribution in [0.1, 0.15) is 30.4 Å². The van der Waals surface area contributed by atoms with Crippen molar-refractivity contribution in [1.29, 1.82) is 0 Å². The van der Waals surface area contributed by atoms with Crippen LogP contribution in [-0.4, -0.2) is 75.4 Å². The smallest absolute Gasteiger partial charge is 0.276 e. The molecule has 2 fully saturated rings. The van der Waals surface area contributed by atoms with E-state index in [1.165, 1.54) is 0 Å². The van der Waals surface area contributed by atoms with Crippen LogP contribution in [-0.2, 0) is 4.74 Å². The Balaban J connectivity index is 1.72. The maximum Gasteiger partial charge on any atom is 0.276 e. The average molecular weight is 295 g/mol. The standard InChI is InChI=1S/C13H21N5O3/c1-13(2)8-17(5-10(7-19)21-13)12(20)11-6-18(16-15-11)9-3-14-4-9/h6,9-10,14,19H,3-5,7-8H2,1-2H3. The molecule has 1 atom stereocenters. The summed E-state index contributed by atoms with van der Waals surface area (Å²) in [5, 5.41) is 20.5. The van der Waals surface area contributed by atoms with Crippen LogP contribution in [0.4, 0.5) is 0 Å². The average Bonchev–Trinajstić information content (AvgIpc) is 2.83. The van der Waals surface area contributed by atoms with E-state index in [2.05, 4.69) is 15.6 Å². The van der Waals surface area contributed by atoms with Crippen LogP contribution in [0.3, 0.4) is 0 Å². The minimum Gasteiger partial charge on any atom is -0.394 e. The molecule has 0 aromatic carbocycles. The molecular formula is C13H21N5O3. The summed E-state index contributed by atoms with van der Waals surface area (Å²) in [5.41, 5.74) is -0.133. The summed E-state index contributed by atoms with van der Waals surface area (Å²) in [7, 11) is 0. The van der Waals surface area contributed by atoms with Gasteiger partial charge in [-0.25, -0.2) is 4.68 Å². The van der Waals surface area contributed by atoms with Gasteiger partial charge in [0.2, 0.25) is 0 Å². The summed E-state index contributed by atoms with van der Waals surface area (Å²) in [6, 6.07) is 0.283. The molecule has 1 unspecified atom stereocenters. The van der Waals surface area contributed by atoms with E-state index < -0.39 is 5.60 Å². The van der Waals surface area contributed by atoms with Gasteiger partial charge in [0, 0.05) is 26.2 Å². The maximum absolute atomic E-state index is 12.5. The highest BCUT2D eigenvalue weighted by Crippen LogP contribution is 2.22. The van der Waals surface area contributed by atoms with Crippen molar-refractivity contribution in [1.82, 2.24) is 25.2 Å². The lowest BCUT2D eigenvalue weighted by Crippen LogP contribution is -2.55. The first-order valence-corrected chi connectivity index (χ1v) is 7.19. The molecule has 2 aliphatic rings. The van der Waals surface area contributed by atoms with Gasteiger partial charge in [-0.2, -0.15) is 0 Å². The molecule has 2 N–H and O–H groups in total. The molecule has 21 heavy (non-hydrogen) atoms. The van der Waals surface area contributed by atoms with Crippen LogP contribution in [0, 0.1) is 0 Å². The molecule has 1 aromatic heterocycles. The lowest BCUT2D eigenvalue weighted by molar-refractivity contribution is -0.139. The van der Waals surface area contributed by atoms with Gasteiger partial charge in [0.05, 0.1) is 30.6 Å². The highest BCUT2D eigenvalue weighted by atomic mass is 16.5. The van der Waals surface area contributed by atoms with E-state index in [9.17, 15) is 9.90 Å². The summed E-state index contributed by atoms with van der Waals surface area (Å²) < 4.78 is 7.45. The van der Waals surface area contributed by atoms with Crippen LogP contribution >= 0.6 is 0 Å². The SMILES string of the molecule is CC1(C)CN(C(=O)c2cn(C3CNC3)nn2)CC(CO)O1. The second-order valence-electron chi connectivity index (χ2n) is 6.26. The van der Waals surface area contributed by atoms with Crippen molar-refractivity contribution in [2.45, 2.75) is 31.6 Å². The normalized spacial score (nSPS) is 25.7. The predicted molar refractivity (Wildman–Crippen MR) is 73.9 cm³/mol. The van der Waals surface area contributed by atoms with Crippen LogP contribution < -0.4 is 5.32 Å². The van der Waals surface area contributed by atoms with E-state index in [1.54, 1.807) is 15.8 Å². The molecule has 2 aliphatic heterocycles. The van der Waals surface area contributed by atoms with Gasteiger partial charge in [-0.1, -0.05) is 5.21 Å². The Morgan fingerprint density at radius 2 is 2.33 bits per heavy atom. The molecule has 3 heterocycles. The molecule has 1 amide bonds. The lowest BCUT2D eigenvalue weighted by atomic mass is 10.0. The number of nitrogens with zero attached hydrogens (tertiary/aromatic N) is 4. The highest BCUT2D eigenvalue weighted by molar-refractivity contribution is 5.92. The quantitative estimate of drug-likeness (QED) is 0.746. The molecule has 3 rings (SSSR count). The van der Waals surface area contributed by atoms with Crippen LogP contribution in [0.15, 0.2) is 6.20 Å². The minimum absolute atomic E-state index is 0.104. The Morgan fingerprint density at radius 1 is 1.57 bits per heavy atom. The number of rotatable bonds is 3. The molecule has 2 saturated heterocycles. The van der Waals surface area contributed by atoms with E-state index in [0.717, 1.165) is 13.1 Å². The monoisotopic (exact) mass is 295 g/mol. The maximum atomic E-state index is 12.5. The van der Waals surface area contributed by atoms with Gasteiger partial charge in [-0.3, -0.25) is 4.79 Å². The second-order valence-corrected chi connectivity index (χ2v) is 6.26. The van der Waals surface area contributed by atoms with Gasteiger partial charge < -0.3 is 20.1 Å². The van der Waals surface area contributed by atoms with Gasteiger partial charge in [0.25, 0.3) is 5.91 Å². The molecule has 0 bridgehead atoms. The number of ether oxygens (including phenoxy) is 1. The van der Waals surface area contributed by atoms with E-state index in [1.807, 2.05) is 13.8 Å². The molecule has 0 spiro atoms. The molecule has 0 radical (unpaired) electrons. The summed E-state index contributed by atoms with van der Waals surface area (Å²) in [6.07, 6.45) is 1.34. The van der Waals surface area contributed by atoms with Crippen molar-refractivity contribution in [2.24, 2.45) is 0 Å². The molecule has 0 saturated carbocycles. The van der Waals surface area contributed by atoms with Gasteiger partial charge >= 0.3 is 0 Å². The van der Waals surface area contributed by atoms with Gasteiger partial charge in [0.1, 0.15) is 0 Å². The third kappa shape index (κ3) is 2.92.